The van der Waals surface area contributed by atoms with Crippen molar-refractivity contribution < 1.29 is 14.4 Å². The van der Waals surface area contributed by atoms with Crippen LogP contribution in [0.5, 0.6) is 0 Å². The third-order valence-corrected chi connectivity index (χ3v) is 7.00. The van der Waals surface area contributed by atoms with Gasteiger partial charge in [0.25, 0.3) is 11.8 Å². The van der Waals surface area contributed by atoms with Crippen molar-refractivity contribution >= 4 is 40.6 Å². The standard InChI is InChI=1S/C24H33N5O3S/c1-4-5-10-17(23(31)27-16-8-6-7-9-16)29(18-13-14(2)11-12-15(18)3)24(32)21-19(25)20(22(26)30)28-33-21/h11-13,16-17H,4-10,25H2,1-3H3,(H2,26,30)(H,27,31)/t17-/m0/s1. The van der Waals surface area contributed by atoms with Gasteiger partial charge in [0, 0.05) is 11.7 Å². The fourth-order valence-corrected chi connectivity index (χ4v) is 5.02. The Balaban J connectivity index is 2.08. The van der Waals surface area contributed by atoms with Crippen LogP contribution in [-0.4, -0.2) is 34.2 Å². The highest BCUT2D eigenvalue weighted by atomic mass is 32.1. The first-order chi connectivity index (χ1) is 15.7. The Labute approximate surface area is 198 Å². The third kappa shape index (κ3) is 5.52. The number of rotatable bonds is 9. The monoisotopic (exact) mass is 471 g/mol. The molecule has 178 valence electrons. The molecule has 3 amide bonds. The number of anilines is 2. The molecule has 0 radical (unpaired) electrons. The van der Waals surface area contributed by atoms with Gasteiger partial charge in [0.15, 0.2) is 5.69 Å². The Morgan fingerprint density at radius 3 is 2.55 bits per heavy atom. The molecular formula is C24H33N5O3S. The van der Waals surface area contributed by atoms with Crippen LogP contribution in [0, 0.1) is 13.8 Å². The van der Waals surface area contributed by atoms with Gasteiger partial charge in [-0.25, -0.2) is 0 Å². The number of carbonyl (C=O) groups is 3. The van der Waals surface area contributed by atoms with E-state index in [1.807, 2.05) is 32.0 Å². The summed E-state index contributed by atoms with van der Waals surface area (Å²) in [6.45, 7) is 5.90. The summed E-state index contributed by atoms with van der Waals surface area (Å²) in [4.78, 5) is 40.7. The van der Waals surface area contributed by atoms with E-state index in [0.717, 1.165) is 61.2 Å². The molecule has 1 aromatic carbocycles. The van der Waals surface area contributed by atoms with Crippen molar-refractivity contribution in [3.8, 4) is 0 Å². The van der Waals surface area contributed by atoms with Crippen LogP contribution in [0.4, 0.5) is 11.4 Å². The number of nitrogens with one attached hydrogen (secondary N) is 1. The van der Waals surface area contributed by atoms with Gasteiger partial charge in [0.1, 0.15) is 10.9 Å². The van der Waals surface area contributed by atoms with Crippen molar-refractivity contribution in [2.75, 3.05) is 10.6 Å². The van der Waals surface area contributed by atoms with Gasteiger partial charge in [-0.05, 0) is 61.8 Å². The zero-order valence-electron chi connectivity index (χ0n) is 19.5. The molecule has 1 aliphatic rings. The topological polar surface area (TPSA) is 131 Å². The Bertz CT molecular complexity index is 1030. The number of hydrogen-bond donors (Lipinski definition) is 3. The summed E-state index contributed by atoms with van der Waals surface area (Å²) in [6.07, 6.45) is 6.27. The number of aromatic nitrogens is 1. The number of nitrogens with zero attached hydrogens (tertiary/aromatic N) is 2. The lowest BCUT2D eigenvalue weighted by Gasteiger charge is -2.33. The van der Waals surface area contributed by atoms with Crippen molar-refractivity contribution in [2.24, 2.45) is 5.73 Å². The van der Waals surface area contributed by atoms with E-state index in [9.17, 15) is 14.4 Å². The number of hydrogen-bond acceptors (Lipinski definition) is 6. The molecule has 33 heavy (non-hydrogen) atoms. The molecule has 9 heteroatoms. The quantitative estimate of drug-likeness (QED) is 0.513. The van der Waals surface area contributed by atoms with E-state index in [2.05, 4.69) is 16.6 Å². The van der Waals surface area contributed by atoms with Crippen LogP contribution >= 0.6 is 11.5 Å². The molecule has 1 saturated carbocycles. The number of carbonyl (C=O) groups excluding carboxylic acids is 3. The van der Waals surface area contributed by atoms with Crippen molar-refractivity contribution in [1.29, 1.82) is 0 Å². The minimum Gasteiger partial charge on any atom is -0.395 e. The second-order valence-electron chi connectivity index (χ2n) is 8.75. The molecule has 1 aromatic heterocycles. The van der Waals surface area contributed by atoms with E-state index in [0.29, 0.717) is 12.1 Å². The van der Waals surface area contributed by atoms with Crippen LogP contribution in [0.25, 0.3) is 0 Å². The van der Waals surface area contributed by atoms with E-state index in [1.165, 1.54) is 4.90 Å². The van der Waals surface area contributed by atoms with Gasteiger partial charge < -0.3 is 16.8 Å². The van der Waals surface area contributed by atoms with Gasteiger partial charge in [0.2, 0.25) is 5.91 Å². The maximum absolute atomic E-state index is 13.9. The fraction of sp³-hybridized carbons (Fsp3) is 0.500. The highest BCUT2D eigenvalue weighted by Crippen LogP contribution is 2.31. The van der Waals surface area contributed by atoms with Crippen molar-refractivity contribution in [1.82, 2.24) is 9.69 Å². The predicted molar refractivity (Wildman–Crippen MR) is 131 cm³/mol. The van der Waals surface area contributed by atoms with Crippen molar-refractivity contribution in [2.45, 2.75) is 77.8 Å². The summed E-state index contributed by atoms with van der Waals surface area (Å²) < 4.78 is 4.00. The van der Waals surface area contributed by atoms with E-state index in [-0.39, 0.29) is 28.2 Å². The summed E-state index contributed by atoms with van der Waals surface area (Å²) in [7, 11) is 0. The molecule has 8 nitrogen and oxygen atoms in total. The summed E-state index contributed by atoms with van der Waals surface area (Å²) in [5, 5.41) is 3.17. The molecular weight excluding hydrogens is 438 g/mol. The molecule has 0 bridgehead atoms. The minimum atomic E-state index is -0.789. The number of primary amides is 1. The van der Waals surface area contributed by atoms with Crippen molar-refractivity contribution in [3.05, 3.63) is 39.9 Å². The summed E-state index contributed by atoms with van der Waals surface area (Å²) in [6, 6.07) is 5.22. The molecule has 1 aliphatic carbocycles. The predicted octanol–water partition coefficient (Wildman–Crippen LogP) is 3.71. The average molecular weight is 472 g/mol. The molecule has 0 saturated heterocycles. The molecule has 2 aromatic rings. The smallest absolute Gasteiger partial charge is 0.272 e. The molecule has 1 fully saturated rings. The Kier molecular flexibility index (Phi) is 8.07. The third-order valence-electron chi connectivity index (χ3n) is 6.15. The number of nitrogen functional groups attached to an aromatic ring is 1. The Morgan fingerprint density at radius 1 is 1.24 bits per heavy atom. The van der Waals surface area contributed by atoms with Gasteiger partial charge >= 0.3 is 0 Å². The largest absolute Gasteiger partial charge is 0.395 e. The van der Waals surface area contributed by atoms with Gasteiger partial charge in [-0.3, -0.25) is 19.3 Å². The molecule has 1 heterocycles. The fourth-order valence-electron chi connectivity index (χ4n) is 4.28. The van der Waals surface area contributed by atoms with E-state index in [4.69, 9.17) is 11.5 Å². The molecule has 1 atom stereocenters. The van der Waals surface area contributed by atoms with Crippen LogP contribution in [0.15, 0.2) is 18.2 Å². The molecule has 5 N–H and O–H groups in total. The first kappa shape index (κ1) is 24.7. The number of amides is 3. The van der Waals surface area contributed by atoms with Gasteiger partial charge in [-0.1, -0.05) is 44.7 Å². The van der Waals surface area contributed by atoms with Crippen LogP contribution in [-0.2, 0) is 4.79 Å². The minimum absolute atomic E-state index is 0.0433. The van der Waals surface area contributed by atoms with E-state index < -0.39 is 17.9 Å². The van der Waals surface area contributed by atoms with Crippen molar-refractivity contribution in [3.63, 3.8) is 0 Å². The van der Waals surface area contributed by atoms with Crippen LogP contribution < -0.4 is 21.7 Å². The van der Waals surface area contributed by atoms with E-state index >= 15 is 0 Å². The summed E-state index contributed by atoms with van der Waals surface area (Å²) in [5.41, 5.74) is 13.8. The highest BCUT2D eigenvalue weighted by molar-refractivity contribution is 7.09. The first-order valence-corrected chi connectivity index (χ1v) is 12.3. The maximum Gasteiger partial charge on any atom is 0.272 e. The number of nitrogens with two attached hydrogens (primary N) is 2. The highest BCUT2D eigenvalue weighted by Gasteiger charge is 2.36. The second-order valence-corrected chi connectivity index (χ2v) is 9.52. The molecule has 0 unspecified atom stereocenters. The molecule has 0 aliphatic heterocycles. The zero-order chi connectivity index (χ0) is 24.1. The number of unbranched alkanes of at least 4 members (excludes halogenated alkanes) is 1. The van der Waals surface area contributed by atoms with Crippen LogP contribution in [0.1, 0.15) is 83.2 Å². The summed E-state index contributed by atoms with van der Waals surface area (Å²) in [5.74, 6) is -1.40. The normalized spacial score (nSPS) is 14.8. The lowest BCUT2D eigenvalue weighted by atomic mass is 10.0. The lowest BCUT2D eigenvalue weighted by molar-refractivity contribution is -0.123. The van der Waals surface area contributed by atoms with Gasteiger partial charge in [-0.2, -0.15) is 4.37 Å². The number of benzene rings is 1. The van der Waals surface area contributed by atoms with E-state index in [1.54, 1.807) is 0 Å². The van der Waals surface area contributed by atoms with Crippen LogP contribution in [0.2, 0.25) is 0 Å². The zero-order valence-corrected chi connectivity index (χ0v) is 20.3. The van der Waals surface area contributed by atoms with Gasteiger partial charge in [0.05, 0.1) is 5.69 Å². The first-order valence-electron chi connectivity index (χ1n) is 11.5. The van der Waals surface area contributed by atoms with Gasteiger partial charge in [-0.15, -0.1) is 0 Å². The lowest BCUT2D eigenvalue weighted by Crippen LogP contribution is -2.52. The average Bonchev–Trinajstić information content (AvgIpc) is 3.42. The maximum atomic E-state index is 13.9. The Hall–Kier alpha value is -2.94. The van der Waals surface area contributed by atoms with Crippen LogP contribution in [0.3, 0.4) is 0 Å². The SMILES string of the molecule is CCCC[C@@H](C(=O)NC1CCCC1)N(C(=O)c1snc(C(N)=O)c1N)c1cc(C)ccc1C. The number of aryl methyl sites for hydroxylation is 2. The Morgan fingerprint density at radius 2 is 1.94 bits per heavy atom. The summed E-state index contributed by atoms with van der Waals surface area (Å²) >= 11 is 0.833. The second kappa shape index (κ2) is 10.8. The molecule has 3 rings (SSSR count). The molecule has 0 spiro atoms.